The van der Waals surface area contributed by atoms with Crippen LogP contribution in [0.25, 0.3) is 5.69 Å². The number of nitro groups is 1. The average molecular weight is 262 g/mol. The van der Waals surface area contributed by atoms with Crippen molar-refractivity contribution in [3.63, 3.8) is 0 Å². The fourth-order valence-corrected chi connectivity index (χ4v) is 1.66. The monoisotopic (exact) mass is 262 g/mol. The van der Waals surface area contributed by atoms with Gasteiger partial charge < -0.3 is 5.11 Å². The maximum atomic E-state index is 10.6. The van der Waals surface area contributed by atoms with Crippen LogP contribution in [0, 0.1) is 17.0 Å². The van der Waals surface area contributed by atoms with Gasteiger partial charge in [0.2, 0.25) is 0 Å². The molecule has 0 saturated heterocycles. The van der Waals surface area contributed by atoms with E-state index < -0.39 is 10.9 Å². The molecule has 2 rings (SSSR count). The first kappa shape index (κ1) is 12.7. The molecule has 0 amide bonds. The van der Waals surface area contributed by atoms with E-state index in [0.717, 1.165) is 0 Å². The second-order valence-corrected chi connectivity index (χ2v) is 3.95. The van der Waals surface area contributed by atoms with Crippen molar-refractivity contribution < 1.29 is 14.8 Å². The van der Waals surface area contributed by atoms with Gasteiger partial charge in [0.15, 0.2) is 0 Å². The Labute approximate surface area is 107 Å². The Morgan fingerprint density at radius 1 is 1.53 bits per heavy atom. The van der Waals surface area contributed by atoms with Gasteiger partial charge in [-0.2, -0.15) is 0 Å². The molecule has 1 N–H and O–H groups in total. The normalized spacial score (nSPS) is 10.4. The summed E-state index contributed by atoms with van der Waals surface area (Å²) in [6.07, 6.45) is 1.27. The standard InChI is InChI=1S/C11H10N4O4/c1-7-4-9(15(18)19)2-3-10(7)14-6-8(12-13-14)5-11(16)17/h2-4,6H,5H2,1H3,(H,16,17). The number of carboxylic acids is 1. The molecule has 8 heteroatoms. The van der Waals surface area contributed by atoms with Crippen molar-refractivity contribution in [2.24, 2.45) is 0 Å². The summed E-state index contributed by atoms with van der Waals surface area (Å²) in [7, 11) is 0. The van der Waals surface area contributed by atoms with Crippen molar-refractivity contribution in [1.29, 1.82) is 0 Å². The molecule has 0 radical (unpaired) electrons. The molecule has 0 saturated carbocycles. The molecule has 0 aliphatic carbocycles. The third-order valence-corrected chi connectivity index (χ3v) is 2.51. The van der Waals surface area contributed by atoms with Crippen LogP contribution in [0.4, 0.5) is 5.69 Å². The van der Waals surface area contributed by atoms with Crippen LogP contribution in [-0.2, 0) is 11.2 Å². The fraction of sp³-hybridized carbons (Fsp3) is 0.182. The maximum Gasteiger partial charge on any atom is 0.309 e. The maximum absolute atomic E-state index is 10.6. The predicted octanol–water partition coefficient (Wildman–Crippen LogP) is 1.11. The number of hydrogen-bond donors (Lipinski definition) is 1. The van der Waals surface area contributed by atoms with E-state index in [4.69, 9.17) is 5.11 Å². The lowest BCUT2D eigenvalue weighted by molar-refractivity contribution is -0.384. The van der Waals surface area contributed by atoms with Gasteiger partial charge in [0.25, 0.3) is 5.69 Å². The van der Waals surface area contributed by atoms with Crippen molar-refractivity contribution in [3.05, 3.63) is 45.8 Å². The van der Waals surface area contributed by atoms with Gasteiger partial charge in [-0.1, -0.05) is 5.21 Å². The molecule has 8 nitrogen and oxygen atoms in total. The summed E-state index contributed by atoms with van der Waals surface area (Å²) in [4.78, 5) is 20.7. The Hall–Kier alpha value is -2.77. The Morgan fingerprint density at radius 2 is 2.26 bits per heavy atom. The molecule has 0 fully saturated rings. The predicted molar refractivity (Wildman–Crippen MR) is 64.1 cm³/mol. The summed E-state index contributed by atoms with van der Waals surface area (Å²) in [6.45, 7) is 1.71. The smallest absolute Gasteiger partial charge is 0.309 e. The van der Waals surface area contributed by atoms with Crippen molar-refractivity contribution in [2.45, 2.75) is 13.3 Å². The highest BCUT2D eigenvalue weighted by Gasteiger charge is 2.11. The molecule has 0 unspecified atom stereocenters. The van der Waals surface area contributed by atoms with E-state index in [1.54, 1.807) is 13.0 Å². The van der Waals surface area contributed by atoms with Gasteiger partial charge in [-0.05, 0) is 18.6 Å². The summed E-state index contributed by atoms with van der Waals surface area (Å²) in [5.74, 6) is -0.993. The number of nitro benzene ring substituents is 1. The Balaban J connectivity index is 2.34. The number of benzene rings is 1. The molecule has 0 bridgehead atoms. The van der Waals surface area contributed by atoms with Crippen molar-refractivity contribution in [1.82, 2.24) is 15.0 Å². The van der Waals surface area contributed by atoms with E-state index in [0.29, 0.717) is 16.9 Å². The zero-order chi connectivity index (χ0) is 14.0. The molecule has 2 aromatic rings. The van der Waals surface area contributed by atoms with E-state index in [2.05, 4.69) is 10.3 Å². The van der Waals surface area contributed by atoms with Crippen LogP contribution in [0.5, 0.6) is 0 Å². The van der Waals surface area contributed by atoms with E-state index in [9.17, 15) is 14.9 Å². The Kier molecular flexibility index (Phi) is 3.23. The first-order valence-corrected chi connectivity index (χ1v) is 5.36. The third-order valence-electron chi connectivity index (χ3n) is 2.51. The highest BCUT2D eigenvalue weighted by atomic mass is 16.6. The number of nitrogens with zero attached hydrogens (tertiary/aromatic N) is 4. The number of hydrogen-bond acceptors (Lipinski definition) is 5. The van der Waals surface area contributed by atoms with Crippen LogP contribution in [0.15, 0.2) is 24.4 Å². The lowest BCUT2D eigenvalue weighted by Gasteiger charge is -2.03. The summed E-state index contributed by atoms with van der Waals surface area (Å²) < 4.78 is 1.40. The molecule has 1 aromatic heterocycles. The number of aryl methyl sites for hydroxylation is 1. The molecule has 19 heavy (non-hydrogen) atoms. The molecule has 98 valence electrons. The molecular weight excluding hydrogens is 252 g/mol. The van der Waals surface area contributed by atoms with Gasteiger partial charge >= 0.3 is 5.97 Å². The summed E-state index contributed by atoms with van der Waals surface area (Å²) in [6, 6.07) is 4.33. The molecule has 1 heterocycles. The number of carboxylic acid groups (broad SMARTS) is 1. The van der Waals surface area contributed by atoms with Crippen LogP contribution in [0.3, 0.4) is 0 Å². The van der Waals surface area contributed by atoms with E-state index in [1.807, 2.05) is 0 Å². The van der Waals surface area contributed by atoms with Crippen LogP contribution < -0.4 is 0 Å². The van der Waals surface area contributed by atoms with Crippen molar-refractivity contribution in [3.8, 4) is 5.69 Å². The molecule has 0 spiro atoms. The van der Waals surface area contributed by atoms with Gasteiger partial charge in [-0.3, -0.25) is 14.9 Å². The average Bonchev–Trinajstić information content (AvgIpc) is 2.76. The Bertz CT molecular complexity index is 650. The first-order valence-electron chi connectivity index (χ1n) is 5.36. The van der Waals surface area contributed by atoms with Crippen LogP contribution in [-0.4, -0.2) is 31.0 Å². The third kappa shape index (κ3) is 2.73. The van der Waals surface area contributed by atoms with Crippen LogP contribution in [0.2, 0.25) is 0 Å². The Morgan fingerprint density at radius 3 is 2.84 bits per heavy atom. The first-order chi connectivity index (χ1) is 8.97. The topological polar surface area (TPSA) is 111 Å². The SMILES string of the molecule is Cc1cc([N+](=O)[O-])ccc1-n1cc(CC(=O)O)nn1. The van der Waals surface area contributed by atoms with Gasteiger partial charge in [0, 0.05) is 12.1 Å². The minimum absolute atomic E-state index is 0.00729. The van der Waals surface area contributed by atoms with E-state index >= 15 is 0 Å². The summed E-state index contributed by atoms with van der Waals surface area (Å²) >= 11 is 0. The number of rotatable bonds is 4. The molecule has 0 atom stereocenters. The van der Waals surface area contributed by atoms with Crippen LogP contribution >= 0.6 is 0 Å². The minimum atomic E-state index is -0.993. The second-order valence-electron chi connectivity index (χ2n) is 3.95. The fourth-order valence-electron chi connectivity index (χ4n) is 1.66. The largest absolute Gasteiger partial charge is 0.481 e. The number of aromatic nitrogens is 3. The lowest BCUT2D eigenvalue weighted by Crippen LogP contribution is -2.00. The zero-order valence-corrected chi connectivity index (χ0v) is 9.98. The second kappa shape index (κ2) is 4.84. The lowest BCUT2D eigenvalue weighted by atomic mass is 10.2. The molecule has 1 aromatic carbocycles. The number of carbonyl (C=O) groups is 1. The van der Waals surface area contributed by atoms with E-state index in [-0.39, 0.29) is 12.1 Å². The van der Waals surface area contributed by atoms with E-state index in [1.165, 1.54) is 23.0 Å². The number of aliphatic carboxylic acids is 1. The van der Waals surface area contributed by atoms with Crippen molar-refractivity contribution in [2.75, 3.05) is 0 Å². The molecule has 0 aliphatic heterocycles. The molecule has 0 aliphatic rings. The van der Waals surface area contributed by atoms with Crippen LogP contribution in [0.1, 0.15) is 11.3 Å². The summed E-state index contributed by atoms with van der Waals surface area (Å²) in [5.41, 5.74) is 1.59. The highest BCUT2D eigenvalue weighted by Crippen LogP contribution is 2.19. The molecular formula is C11H10N4O4. The van der Waals surface area contributed by atoms with Gasteiger partial charge in [-0.25, -0.2) is 4.68 Å². The zero-order valence-electron chi connectivity index (χ0n) is 9.98. The summed E-state index contributed by atoms with van der Waals surface area (Å²) in [5, 5.41) is 26.8. The van der Waals surface area contributed by atoms with Gasteiger partial charge in [-0.15, -0.1) is 5.10 Å². The number of non-ortho nitro benzene ring substituents is 1. The van der Waals surface area contributed by atoms with Crippen molar-refractivity contribution >= 4 is 11.7 Å². The highest BCUT2D eigenvalue weighted by molar-refractivity contribution is 5.69. The van der Waals surface area contributed by atoms with Gasteiger partial charge in [0.1, 0.15) is 0 Å². The quantitative estimate of drug-likeness (QED) is 0.652. The minimum Gasteiger partial charge on any atom is -0.481 e. The van der Waals surface area contributed by atoms with Gasteiger partial charge in [0.05, 0.1) is 28.9 Å².